The van der Waals surface area contributed by atoms with Gasteiger partial charge in [0.1, 0.15) is 5.82 Å². The summed E-state index contributed by atoms with van der Waals surface area (Å²) in [6.07, 6.45) is 3.16. The number of hydrogen-bond acceptors (Lipinski definition) is 2. The Morgan fingerprint density at radius 1 is 1.17 bits per heavy atom. The molecule has 0 aromatic heterocycles. The third kappa shape index (κ3) is 6.59. The minimum Gasteiger partial charge on any atom is -0.352 e. The molecule has 2 aromatic carbocycles. The average molecular weight is 397 g/mol. The minimum absolute atomic E-state index is 0.0179. The van der Waals surface area contributed by atoms with Crippen LogP contribution in [-0.4, -0.2) is 29.9 Å². The molecule has 2 N–H and O–H groups in total. The SMILES string of the molecule is Cc1cccc(NC(=O)N2CCCC(CCC(=O)NCc3ccc(F)cc3)C2)c1. The molecule has 1 atom stereocenters. The Balaban J connectivity index is 1.41. The lowest BCUT2D eigenvalue weighted by Gasteiger charge is -2.32. The van der Waals surface area contributed by atoms with Crippen LogP contribution in [-0.2, 0) is 11.3 Å². The number of urea groups is 1. The van der Waals surface area contributed by atoms with Crippen LogP contribution in [0.3, 0.4) is 0 Å². The number of aryl methyl sites for hydroxylation is 1. The molecule has 2 aromatic rings. The summed E-state index contributed by atoms with van der Waals surface area (Å²) in [6, 6.07) is 13.8. The predicted molar refractivity (Wildman–Crippen MR) is 112 cm³/mol. The van der Waals surface area contributed by atoms with Crippen LogP contribution in [0.1, 0.15) is 36.8 Å². The second-order valence-corrected chi connectivity index (χ2v) is 7.70. The Morgan fingerprint density at radius 3 is 2.72 bits per heavy atom. The topological polar surface area (TPSA) is 61.4 Å². The molecular formula is C23H28FN3O2. The van der Waals surface area contributed by atoms with Gasteiger partial charge in [-0.3, -0.25) is 4.79 Å². The van der Waals surface area contributed by atoms with E-state index in [4.69, 9.17) is 0 Å². The van der Waals surface area contributed by atoms with Gasteiger partial charge in [-0.25, -0.2) is 9.18 Å². The van der Waals surface area contributed by atoms with Gasteiger partial charge in [0.2, 0.25) is 5.91 Å². The molecule has 1 aliphatic heterocycles. The second kappa shape index (κ2) is 10.0. The average Bonchev–Trinajstić information content (AvgIpc) is 2.72. The number of benzene rings is 2. The molecule has 6 heteroatoms. The summed E-state index contributed by atoms with van der Waals surface area (Å²) in [5, 5.41) is 5.84. The quantitative estimate of drug-likeness (QED) is 0.755. The van der Waals surface area contributed by atoms with Gasteiger partial charge in [-0.15, -0.1) is 0 Å². The van der Waals surface area contributed by atoms with Gasteiger partial charge in [0, 0.05) is 31.7 Å². The van der Waals surface area contributed by atoms with E-state index in [1.54, 1.807) is 12.1 Å². The predicted octanol–water partition coefficient (Wildman–Crippen LogP) is 4.47. The molecule has 1 aliphatic rings. The van der Waals surface area contributed by atoms with E-state index in [1.165, 1.54) is 12.1 Å². The van der Waals surface area contributed by atoms with Crippen LogP contribution in [0.5, 0.6) is 0 Å². The minimum atomic E-state index is -0.284. The van der Waals surface area contributed by atoms with Crippen LogP contribution in [0.4, 0.5) is 14.9 Å². The summed E-state index contributed by atoms with van der Waals surface area (Å²) in [5.41, 5.74) is 2.78. The Bertz CT molecular complexity index is 838. The molecule has 0 spiro atoms. The van der Waals surface area contributed by atoms with E-state index >= 15 is 0 Å². The molecule has 0 radical (unpaired) electrons. The van der Waals surface area contributed by atoms with E-state index in [2.05, 4.69) is 10.6 Å². The Labute approximate surface area is 171 Å². The molecule has 154 valence electrons. The number of nitrogens with one attached hydrogen (secondary N) is 2. The molecule has 1 fully saturated rings. The Hall–Kier alpha value is -2.89. The molecule has 3 rings (SSSR count). The smallest absolute Gasteiger partial charge is 0.321 e. The normalized spacial score (nSPS) is 16.3. The number of carbonyl (C=O) groups is 2. The summed E-state index contributed by atoms with van der Waals surface area (Å²) in [5.74, 6) is 0.0209. The van der Waals surface area contributed by atoms with Gasteiger partial charge in [0.05, 0.1) is 0 Å². The van der Waals surface area contributed by atoms with Gasteiger partial charge in [0.25, 0.3) is 0 Å². The number of anilines is 1. The lowest BCUT2D eigenvalue weighted by atomic mass is 9.93. The van der Waals surface area contributed by atoms with E-state index in [-0.39, 0.29) is 17.8 Å². The summed E-state index contributed by atoms with van der Waals surface area (Å²) in [6.45, 7) is 3.80. The lowest BCUT2D eigenvalue weighted by Crippen LogP contribution is -2.42. The van der Waals surface area contributed by atoms with Gasteiger partial charge >= 0.3 is 6.03 Å². The highest BCUT2D eigenvalue weighted by Gasteiger charge is 2.24. The maximum Gasteiger partial charge on any atom is 0.321 e. The number of amides is 3. The number of rotatable bonds is 6. The highest BCUT2D eigenvalue weighted by atomic mass is 19.1. The zero-order valence-corrected chi connectivity index (χ0v) is 16.8. The number of halogens is 1. The standard InChI is InChI=1S/C23H28FN3O2/c1-17-4-2-6-21(14-17)26-23(29)27-13-3-5-19(16-27)9-12-22(28)25-15-18-7-10-20(24)11-8-18/h2,4,6-8,10-11,14,19H,3,5,9,12-13,15-16H2,1H3,(H,25,28)(H,26,29). The third-order valence-electron chi connectivity index (χ3n) is 5.26. The van der Waals surface area contributed by atoms with E-state index < -0.39 is 0 Å². The van der Waals surface area contributed by atoms with Crippen molar-refractivity contribution in [2.45, 2.75) is 39.2 Å². The fraction of sp³-hybridized carbons (Fsp3) is 0.391. The van der Waals surface area contributed by atoms with Gasteiger partial charge in [-0.2, -0.15) is 0 Å². The molecule has 1 unspecified atom stereocenters. The summed E-state index contributed by atoms with van der Waals surface area (Å²) in [4.78, 5) is 26.5. The maximum absolute atomic E-state index is 12.9. The highest BCUT2D eigenvalue weighted by Crippen LogP contribution is 2.22. The van der Waals surface area contributed by atoms with Gasteiger partial charge in [0.15, 0.2) is 0 Å². The van der Waals surface area contributed by atoms with E-state index in [9.17, 15) is 14.0 Å². The number of piperidine rings is 1. The molecular weight excluding hydrogens is 369 g/mol. The maximum atomic E-state index is 12.9. The van der Waals surface area contributed by atoms with Crippen LogP contribution >= 0.6 is 0 Å². The number of likely N-dealkylation sites (tertiary alicyclic amines) is 1. The van der Waals surface area contributed by atoms with Crippen molar-refractivity contribution in [3.05, 3.63) is 65.5 Å². The Kier molecular flexibility index (Phi) is 7.22. The number of carbonyl (C=O) groups excluding carboxylic acids is 2. The van der Waals surface area contributed by atoms with Gasteiger partial charge in [-0.1, -0.05) is 24.3 Å². The summed E-state index contributed by atoms with van der Waals surface area (Å²) >= 11 is 0. The van der Waals surface area contributed by atoms with Crippen molar-refractivity contribution >= 4 is 17.6 Å². The highest BCUT2D eigenvalue weighted by molar-refractivity contribution is 5.89. The number of nitrogens with zero attached hydrogens (tertiary/aromatic N) is 1. The molecule has 5 nitrogen and oxygen atoms in total. The third-order valence-corrected chi connectivity index (χ3v) is 5.26. The van der Waals surface area contributed by atoms with Crippen molar-refractivity contribution < 1.29 is 14.0 Å². The molecule has 29 heavy (non-hydrogen) atoms. The van der Waals surface area contributed by atoms with Crippen LogP contribution in [0, 0.1) is 18.7 Å². The summed E-state index contributed by atoms with van der Waals surface area (Å²) < 4.78 is 12.9. The zero-order chi connectivity index (χ0) is 20.6. The van der Waals surface area contributed by atoms with Crippen molar-refractivity contribution in [1.82, 2.24) is 10.2 Å². The fourth-order valence-corrected chi connectivity index (χ4v) is 3.64. The monoisotopic (exact) mass is 397 g/mol. The first-order valence-corrected chi connectivity index (χ1v) is 10.1. The van der Waals surface area contributed by atoms with Crippen LogP contribution in [0.15, 0.2) is 48.5 Å². The number of hydrogen-bond donors (Lipinski definition) is 2. The van der Waals surface area contributed by atoms with Crippen LogP contribution < -0.4 is 10.6 Å². The molecule has 0 bridgehead atoms. The van der Waals surface area contributed by atoms with E-state index in [0.29, 0.717) is 25.4 Å². The van der Waals surface area contributed by atoms with E-state index in [1.807, 2.05) is 36.1 Å². The summed E-state index contributed by atoms with van der Waals surface area (Å²) in [7, 11) is 0. The van der Waals surface area contributed by atoms with E-state index in [0.717, 1.165) is 42.6 Å². The zero-order valence-electron chi connectivity index (χ0n) is 16.8. The van der Waals surface area contributed by atoms with Gasteiger partial charge in [-0.05, 0) is 67.5 Å². The van der Waals surface area contributed by atoms with Gasteiger partial charge < -0.3 is 15.5 Å². The first-order chi connectivity index (χ1) is 14.0. The fourth-order valence-electron chi connectivity index (χ4n) is 3.64. The van der Waals surface area contributed by atoms with Crippen molar-refractivity contribution in [1.29, 1.82) is 0 Å². The first kappa shape index (κ1) is 20.8. The molecule has 1 heterocycles. The van der Waals surface area contributed by atoms with Crippen LogP contribution in [0.25, 0.3) is 0 Å². The van der Waals surface area contributed by atoms with Crippen LogP contribution in [0.2, 0.25) is 0 Å². The molecule has 0 saturated carbocycles. The van der Waals surface area contributed by atoms with Crippen molar-refractivity contribution in [3.63, 3.8) is 0 Å². The Morgan fingerprint density at radius 2 is 1.97 bits per heavy atom. The molecule has 1 saturated heterocycles. The van der Waals surface area contributed by atoms with Crippen molar-refractivity contribution in [2.75, 3.05) is 18.4 Å². The second-order valence-electron chi connectivity index (χ2n) is 7.70. The molecule has 3 amide bonds. The van der Waals surface area contributed by atoms with Crippen molar-refractivity contribution in [2.24, 2.45) is 5.92 Å². The largest absolute Gasteiger partial charge is 0.352 e. The molecule has 0 aliphatic carbocycles. The van der Waals surface area contributed by atoms with Crippen molar-refractivity contribution in [3.8, 4) is 0 Å². The first-order valence-electron chi connectivity index (χ1n) is 10.1. The lowest BCUT2D eigenvalue weighted by molar-refractivity contribution is -0.121.